The first-order chi connectivity index (χ1) is 12.3. The highest BCUT2D eigenvalue weighted by Gasteiger charge is 2.35. The van der Waals surface area contributed by atoms with E-state index in [1.54, 1.807) is 49.0 Å². The number of hydrogen-bond acceptors (Lipinski definition) is 4. The molecule has 7 nitrogen and oxygen atoms in total. The molecule has 26 heavy (non-hydrogen) atoms. The second-order valence-electron chi connectivity index (χ2n) is 6.49. The summed E-state index contributed by atoms with van der Waals surface area (Å²) in [7, 11) is 1.79. The van der Waals surface area contributed by atoms with Crippen LogP contribution in [0.25, 0.3) is 11.0 Å². The Kier molecular flexibility index (Phi) is 4.46. The highest BCUT2D eigenvalue weighted by Crippen LogP contribution is 2.23. The zero-order chi connectivity index (χ0) is 18.9. The number of aryl methyl sites for hydroxylation is 2. The van der Waals surface area contributed by atoms with E-state index in [2.05, 4.69) is 15.4 Å². The fraction of sp³-hybridized carbons (Fsp3) is 0.263. The first-order valence-electron chi connectivity index (χ1n) is 8.19. The van der Waals surface area contributed by atoms with E-state index in [0.717, 1.165) is 11.1 Å². The van der Waals surface area contributed by atoms with Crippen LogP contribution in [0, 0.1) is 6.92 Å². The second-order valence-corrected chi connectivity index (χ2v) is 6.49. The van der Waals surface area contributed by atoms with Crippen molar-refractivity contribution in [3.8, 4) is 0 Å². The molecule has 1 aromatic carbocycles. The molecule has 0 saturated carbocycles. The molecule has 0 radical (unpaired) electrons. The molecule has 0 saturated heterocycles. The number of pyridine rings is 1. The van der Waals surface area contributed by atoms with Crippen LogP contribution in [0.15, 0.2) is 42.6 Å². The van der Waals surface area contributed by atoms with Crippen LogP contribution in [0.3, 0.4) is 0 Å². The fourth-order valence-electron chi connectivity index (χ4n) is 2.90. The van der Waals surface area contributed by atoms with Gasteiger partial charge in [0, 0.05) is 25.2 Å². The standard InChI is InChI=1S/C19H20N4O3/c1-12-15-9-13(10-20-16(15)23(3)22-12)17(24)21-11-19(2,18(25)26)14-7-5-4-6-8-14/h4-10H,11H2,1-3H3,(H,21,24)(H,25,26). The molecule has 0 aliphatic heterocycles. The summed E-state index contributed by atoms with van der Waals surface area (Å²) in [5, 5.41) is 17.5. The average molecular weight is 352 g/mol. The number of hydrogen-bond donors (Lipinski definition) is 2. The van der Waals surface area contributed by atoms with Gasteiger partial charge in [0.05, 0.1) is 11.3 Å². The van der Waals surface area contributed by atoms with Gasteiger partial charge in [0.1, 0.15) is 5.41 Å². The Hall–Kier alpha value is -3.22. The zero-order valence-electron chi connectivity index (χ0n) is 14.9. The normalized spacial score (nSPS) is 13.3. The fourth-order valence-corrected chi connectivity index (χ4v) is 2.90. The molecular weight excluding hydrogens is 332 g/mol. The predicted molar refractivity (Wildman–Crippen MR) is 97.0 cm³/mol. The van der Waals surface area contributed by atoms with Crippen molar-refractivity contribution in [3.05, 3.63) is 59.4 Å². The van der Waals surface area contributed by atoms with Gasteiger partial charge >= 0.3 is 5.97 Å². The van der Waals surface area contributed by atoms with Crippen molar-refractivity contribution in [2.24, 2.45) is 7.05 Å². The van der Waals surface area contributed by atoms with E-state index in [4.69, 9.17) is 0 Å². The Morgan fingerprint density at radius 3 is 2.62 bits per heavy atom. The van der Waals surface area contributed by atoms with Crippen LogP contribution < -0.4 is 5.32 Å². The highest BCUT2D eigenvalue weighted by molar-refractivity contribution is 5.97. The van der Waals surface area contributed by atoms with E-state index in [-0.39, 0.29) is 12.5 Å². The molecule has 0 fully saturated rings. The lowest BCUT2D eigenvalue weighted by Crippen LogP contribution is -2.44. The summed E-state index contributed by atoms with van der Waals surface area (Å²) in [5.74, 6) is -1.37. The quantitative estimate of drug-likeness (QED) is 0.732. The molecule has 2 aromatic heterocycles. The number of carboxylic acid groups (broad SMARTS) is 1. The number of benzene rings is 1. The average Bonchev–Trinajstić information content (AvgIpc) is 2.93. The molecule has 0 spiro atoms. The first-order valence-corrected chi connectivity index (χ1v) is 8.19. The summed E-state index contributed by atoms with van der Waals surface area (Å²) < 4.78 is 1.66. The van der Waals surface area contributed by atoms with Crippen LogP contribution in [0.2, 0.25) is 0 Å². The molecule has 3 aromatic rings. The number of amides is 1. The molecule has 0 bridgehead atoms. The van der Waals surface area contributed by atoms with E-state index in [9.17, 15) is 14.7 Å². The van der Waals surface area contributed by atoms with Crippen molar-refractivity contribution in [1.29, 1.82) is 0 Å². The van der Waals surface area contributed by atoms with Gasteiger partial charge in [0.25, 0.3) is 5.91 Å². The molecule has 0 aliphatic rings. The molecule has 1 unspecified atom stereocenters. The van der Waals surface area contributed by atoms with Gasteiger partial charge in [-0.25, -0.2) is 4.98 Å². The van der Waals surface area contributed by atoms with Gasteiger partial charge in [-0.1, -0.05) is 30.3 Å². The first kappa shape index (κ1) is 17.6. The van der Waals surface area contributed by atoms with Gasteiger partial charge in [0.2, 0.25) is 0 Å². The molecule has 3 rings (SSSR count). The van der Waals surface area contributed by atoms with Crippen LogP contribution in [0.4, 0.5) is 0 Å². The Labute approximate surface area is 150 Å². The van der Waals surface area contributed by atoms with Crippen molar-refractivity contribution in [1.82, 2.24) is 20.1 Å². The minimum atomic E-state index is -1.22. The van der Waals surface area contributed by atoms with Gasteiger partial charge in [-0.05, 0) is 25.5 Å². The summed E-state index contributed by atoms with van der Waals surface area (Å²) >= 11 is 0. The number of rotatable bonds is 5. The van der Waals surface area contributed by atoms with E-state index < -0.39 is 11.4 Å². The third kappa shape index (κ3) is 3.03. The second kappa shape index (κ2) is 6.59. The third-order valence-corrected chi connectivity index (χ3v) is 4.61. The number of fused-ring (bicyclic) bond motifs is 1. The molecule has 2 N–H and O–H groups in total. The van der Waals surface area contributed by atoms with Crippen molar-refractivity contribution in [3.63, 3.8) is 0 Å². The third-order valence-electron chi connectivity index (χ3n) is 4.61. The summed E-state index contributed by atoms with van der Waals surface area (Å²) in [6.45, 7) is 3.41. The number of carboxylic acids is 1. The molecule has 7 heteroatoms. The van der Waals surface area contributed by atoms with E-state index in [1.807, 2.05) is 13.0 Å². The van der Waals surface area contributed by atoms with Crippen LogP contribution in [0.5, 0.6) is 0 Å². The monoisotopic (exact) mass is 352 g/mol. The number of nitrogens with zero attached hydrogens (tertiary/aromatic N) is 3. The summed E-state index contributed by atoms with van der Waals surface area (Å²) in [6, 6.07) is 10.6. The molecular formula is C19H20N4O3. The summed E-state index contributed by atoms with van der Waals surface area (Å²) in [5.41, 5.74) is 1.25. The predicted octanol–water partition coefficient (Wildman–Crippen LogP) is 2.05. The minimum absolute atomic E-state index is 0.0325. The number of carbonyl (C=O) groups excluding carboxylic acids is 1. The highest BCUT2D eigenvalue weighted by atomic mass is 16.4. The number of aliphatic carboxylic acids is 1. The maximum Gasteiger partial charge on any atom is 0.315 e. The number of nitrogens with one attached hydrogen (secondary N) is 1. The van der Waals surface area contributed by atoms with Crippen molar-refractivity contribution >= 4 is 22.9 Å². The molecule has 1 amide bonds. The lowest BCUT2D eigenvalue weighted by atomic mass is 9.82. The molecule has 0 aliphatic carbocycles. The SMILES string of the molecule is Cc1nn(C)c2ncc(C(=O)NCC(C)(C(=O)O)c3ccccc3)cc12. The van der Waals surface area contributed by atoms with E-state index in [1.165, 1.54) is 6.20 Å². The van der Waals surface area contributed by atoms with Crippen LogP contribution in [0.1, 0.15) is 28.5 Å². The molecule has 134 valence electrons. The smallest absolute Gasteiger partial charge is 0.315 e. The van der Waals surface area contributed by atoms with Gasteiger partial charge in [0.15, 0.2) is 5.65 Å². The molecule has 1 atom stereocenters. The van der Waals surface area contributed by atoms with Crippen LogP contribution in [-0.2, 0) is 17.3 Å². The number of aromatic nitrogens is 3. The number of carbonyl (C=O) groups is 2. The lowest BCUT2D eigenvalue weighted by molar-refractivity contribution is -0.142. The summed E-state index contributed by atoms with van der Waals surface area (Å²) in [4.78, 5) is 28.6. The Morgan fingerprint density at radius 1 is 1.27 bits per heavy atom. The van der Waals surface area contributed by atoms with Gasteiger partial charge in [-0.2, -0.15) is 5.10 Å². The largest absolute Gasteiger partial charge is 0.481 e. The van der Waals surface area contributed by atoms with Crippen molar-refractivity contribution < 1.29 is 14.7 Å². The zero-order valence-corrected chi connectivity index (χ0v) is 14.9. The van der Waals surface area contributed by atoms with Gasteiger partial charge in [-0.3, -0.25) is 14.3 Å². The Balaban J connectivity index is 1.83. The maximum atomic E-state index is 12.5. The van der Waals surface area contributed by atoms with Crippen LogP contribution >= 0.6 is 0 Å². The molecule has 2 heterocycles. The topological polar surface area (TPSA) is 97.1 Å². The van der Waals surface area contributed by atoms with Crippen LogP contribution in [-0.4, -0.2) is 38.3 Å². The van der Waals surface area contributed by atoms with E-state index >= 15 is 0 Å². The Morgan fingerprint density at radius 2 is 1.96 bits per heavy atom. The van der Waals surface area contributed by atoms with E-state index in [0.29, 0.717) is 16.8 Å². The lowest BCUT2D eigenvalue weighted by Gasteiger charge is -2.25. The van der Waals surface area contributed by atoms with Crippen molar-refractivity contribution in [2.75, 3.05) is 6.54 Å². The summed E-state index contributed by atoms with van der Waals surface area (Å²) in [6.07, 6.45) is 1.47. The maximum absolute atomic E-state index is 12.5. The minimum Gasteiger partial charge on any atom is -0.481 e. The van der Waals surface area contributed by atoms with Gasteiger partial charge < -0.3 is 10.4 Å². The van der Waals surface area contributed by atoms with Crippen molar-refractivity contribution in [2.45, 2.75) is 19.3 Å². The Bertz CT molecular complexity index is 981. The van der Waals surface area contributed by atoms with Gasteiger partial charge in [-0.15, -0.1) is 0 Å².